The molecule has 27 heavy (non-hydrogen) atoms. The molecular weight excluding hydrogens is 342 g/mol. The fourth-order valence-electron chi connectivity index (χ4n) is 4.87. The molecule has 0 bridgehead atoms. The predicted octanol–water partition coefficient (Wildman–Crippen LogP) is 1.52. The zero-order valence-electron chi connectivity index (χ0n) is 16.5. The van der Waals surface area contributed by atoms with E-state index < -0.39 is 0 Å². The van der Waals surface area contributed by atoms with Gasteiger partial charge >= 0.3 is 0 Å². The van der Waals surface area contributed by atoms with Crippen molar-refractivity contribution >= 4 is 11.9 Å². The van der Waals surface area contributed by atoms with Gasteiger partial charge in [-0.1, -0.05) is 0 Å². The average Bonchev–Trinajstić information content (AvgIpc) is 3.16. The lowest BCUT2D eigenvalue weighted by Crippen LogP contribution is -2.51. The largest absolute Gasteiger partial charge is 0.342 e. The van der Waals surface area contributed by atoms with Crippen molar-refractivity contribution in [3.63, 3.8) is 0 Å². The van der Waals surface area contributed by atoms with Crippen molar-refractivity contribution in [2.45, 2.75) is 71.0 Å². The number of aromatic nitrogens is 2. The highest BCUT2D eigenvalue weighted by atomic mass is 16.2. The van der Waals surface area contributed by atoms with E-state index in [0.29, 0.717) is 25.2 Å². The number of carbonyl (C=O) groups excluding carboxylic acids is 1. The molecule has 7 heteroatoms. The lowest BCUT2D eigenvalue weighted by atomic mass is 9.97. The van der Waals surface area contributed by atoms with Gasteiger partial charge in [0.05, 0.1) is 17.8 Å². The quantitative estimate of drug-likeness (QED) is 0.870. The smallest absolute Gasteiger partial charge is 0.257 e. The molecule has 0 unspecified atom stereocenters. The van der Waals surface area contributed by atoms with Crippen molar-refractivity contribution in [2.24, 2.45) is 0 Å². The predicted molar refractivity (Wildman–Crippen MR) is 105 cm³/mol. The van der Waals surface area contributed by atoms with Gasteiger partial charge in [0, 0.05) is 44.7 Å². The molecule has 4 rings (SSSR count). The lowest BCUT2D eigenvalue weighted by Gasteiger charge is -2.40. The summed E-state index contributed by atoms with van der Waals surface area (Å²) in [4.78, 5) is 39.5. The molecule has 148 valence electrons. The number of hydrogen-bond donors (Lipinski definition) is 1. The molecular formula is C20H31N5O2. The molecule has 2 fully saturated rings. The van der Waals surface area contributed by atoms with Gasteiger partial charge < -0.3 is 9.80 Å². The summed E-state index contributed by atoms with van der Waals surface area (Å²) < 4.78 is 0. The number of hydrogen-bond acceptors (Lipinski definition) is 5. The lowest BCUT2D eigenvalue weighted by molar-refractivity contribution is -0.138. The highest BCUT2D eigenvalue weighted by molar-refractivity contribution is 5.79. The Balaban J connectivity index is 1.45. The number of piperidine rings is 1. The zero-order valence-corrected chi connectivity index (χ0v) is 16.5. The number of fused-ring (bicyclic) bond motifs is 1. The third kappa shape index (κ3) is 3.74. The van der Waals surface area contributed by atoms with Gasteiger partial charge in [0.25, 0.3) is 5.56 Å². The summed E-state index contributed by atoms with van der Waals surface area (Å²) >= 11 is 0. The number of nitrogens with one attached hydrogen (secondary N) is 1. The second-order valence-electron chi connectivity index (χ2n) is 8.40. The summed E-state index contributed by atoms with van der Waals surface area (Å²) in [6.07, 6.45) is 6.42. The van der Waals surface area contributed by atoms with E-state index in [1.54, 1.807) is 0 Å². The van der Waals surface area contributed by atoms with Crippen LogP contribution in [0.25, 0.3) is 0 Å². The summed E-state index contributed by atoms with van der Waals surface area (Å²) in [5, 5.41) is 0. The first-order valence-corrected chi connectivity index (χ1v) is 10.4. The van der Waals surface area contributed by atoms with E-state index in [1.165, 1.54) is 6.42 Å². The van der Waals surface area contributed by atoms with Gasteiger partial charge in [0.1, 0.15) is 0 Å². The topological polar surface area (TPSA) is 72.5 Å². The first-order chi connectivity index (χ1) is 13.0. The first kappa shape index (κ1) is 18.5. The first-order valence-electron chi connectivity index (χ1n) is 10.4. The molecule has 3 aliphatic rings. The van der Waals surface area contributed by atoms with Crippen LogP contribution in [0.4, 0.5) is 5.95 Å². The Bertz CT molecular complexity index is 745. The van der Waals surface area contributed by atoms with E-state index in [4.69, 9.17) is 4.98 Å². The summed E-state index contributed by atoms with van der Waals surface area (Å²) in [7, 11) is 0. The van der Waals surface area contributed by atoms with Crippen LogP contribution in [0, 0.1) is 0 Å². The Morgan fingerprint density at radius 1 is 1.11 bits per heavy atom. The molecule has 3 aliphatic heterocycles. The van der Waals surface area contributed by atoms with Crippen molar-refractivity contribution in [2.75, 3.05) is 31.1 Å². The normalized spacial score (nSPS) is 26.3. The fraction of sp³-hybridized carbons (Fsp3) is 0.750. The molecule has 1 N–H and O–H groups in total. The Labute approximate surface area is 160 Å². The molecule has 0 aromatic carbocycles. The molecule has 4 heterocycles. The molecule has 1 aromatic rings. The van der Waals surface area contributed by atoms with Crippen LogP contribution in [0.5, 0.6) is 0 Å². The second-order valence-corrected chi connectivity index (χ2v) is 8.40. The standard InChI is InChI=1S/C20H31N5O2/c1-14-6-5-7-15(2)25(14)18(26)13-23-11-8-17-16(12-23)19(27)22-20(21-17)24-9-3-4-10-24/h14-15H,3-13H2,1-2H3,(H,21,22,27)/t14-,15+. The van der Waals surface area contributed by atoms with Gasteiger partial charge in [-0.3, -0.25) is 19.5 Å². The van der Waals surface area contributed by atoms with E-state index in [2.05, 4.69) is 33.5 Å². The molecule has 1 amide bonds. The number of H-pyrrole nitrogens is 1. The monoisotopic (exact) mass is 373 g/mol. The van der Waals surface area contributed by atoms with Crippen LogP contribution >= 0.6 is 0 Å². The Morgan fingerprint density at radius 2 is 1.81 bits per heavy atom. The molecule has 1 aromatic heterocycles. The van der Waals surface area contributed by atoms with Crippen molar-refractivity contribution in [3.8, 4) is 0 Å². The third-order valence-corrected chi connectivity index (χ3v) is 6.38. The van der Waals surface area contributed by atoms with Gasteiger partial charge in [0.15, 0.2) is 0 Å². The highest BCUT2D eigenvalue weighted by Gasteiger charge is 2.31. The number of nitrogens with zero attached hydrogens (tertiary/aromatic N) is 4. The van der Waals surface area contributed by atoms with Gasteiger partial charge in [-0.15, -0.1) is 0 Å². The number of aromatic amines is 1. The minimum Gasteiger partial charge on any atom is -0.342 e. The van der Waals surface area contributed by atoms with E-state index in [9.17, 15) is 9.59 Å². The van der Waals surface area contributed by atoms with Crippen molar-refractivity contribution < 1.29 is 4.79 Å². The number of rotatable bonds is 3. The SMILES string of the molecule is C[C@@H]1CCC[C@H](C)N1C(=O)CN1CCc2nc(N3CCCC3)[nH]c(=O)c2C1. The summed E-state index contributed by atoms with van der Waals surface area (Å²) in [5.41, 5.74) is 1.60. The summed E-state index contributed by atoms with van der Waals surface area (Å²) in [6.45, 7) is 7.91. The van der Waals surface area contributed by atoms with E-state index in [-0.39, 0.29) is 11.5 Å². The molecule has 2 saturated heterocycles. The maximum atomic E-state index is 12.9. The average molecular weight is 374 g/mol. The van der Waals surface area contributed by atoms with Crippen molar-refractivity contribution in [1.29, 1.82) is 0 Å². The van der Waals surface area contributed by atoms with Gasteiger partial charge in [0.2, 0.25) is 11.9 Å². The van der Waals surface area contributed by atoms with Crippen LogP contribution in [0.3, 0.4) is 0 Å². The molecule has 0 spiro atoms. The van der Waals surface area contributed by atoms with Crippen LogP contribution in [0.2, 0.25) is 0 Å². The summed E-state index contributed by atoms with van der Waals surface area (Å²) in [5.74, 6) is 0.910. The molecule has 0 radical (unpaired) electrons. The number of carbonyl (C=O) groups is 1. The molecule has 0 saturated carbocycles. The maximum Gasteiger partial charge on any atom is 0.257 e. The van der Waals surface area contributed by atoms with E-state index >= 15 is 0 Å². The Morgan fingerprint density at radius 3 is 2.52 bits per heavy atom. The second kappa shape index (κ2) is 7.62. The van der Waals surface area contributed by atoms with Gasteiger partial charge in [-0.05, 0) is 46.0 Å². The number of likely N-dealkylation sites (tertiary alicyclic amines) is 1. The Kier molecular flexibility index (Phi) is 5.21. The van der Waals surface area contributed by atoms with E-state index in [0.717, 1.165) is 68.9 Å². The minimum absolute atomic E-state index is 0.0428. The maximum absolute atomic E-state index is 12.9. The van der Waals surface area contributed by atoms with Gasteiger partial charge in [-0.25, -0.2) is 4.98 Å². The zero-order chi connectivity index (χ0) is 19.0. The van der Waals surface area contributed by atoms with Crippen LogP contribution in [0.1, 0.15) is 57.2 Å². The highest BCUT2D eigenvalue weighted by Crippen LogP contribution is 2.24. The molecule has 0 aliphatic carbocycles. The van der Waals surface area contributed by atoms with Crippen molar-refractivity contribution in [3.05, 3.63) is 21.6 Å². The number of anilines is 1. The Hall–Kier alpha value is -1.89. The van der Waals surface area contributed by atoms with Crippen LogP contribution in [-0.4, -0.2) is 63.9 Å². The van der Waals surface area contributed by atoms with Gasteiger partial charge in [-0.2, -0.15) is 0 Å². The summed E-state index contributed by atoms with van der Waals surface area (Å²) in [6, 6.07) is 0.623. The fourth-order valence-corrected chi connectivity index (χ4v) is 4.87. The minimum atomic E-state index is -0.0428. The molecule has 7 nitrogen and oxygen atoms in total. The molecule has 2 atom stereocenters. The number of amides is 1. The third-order valence-electron chi connectivity index (χ3n) is 6.38. The van der Waals surface area contributed by atoms with Crippen LogP contribution in [-0.2, 0) is 17.8 Å². The van der Waals surface area contributed by atoms with Crippen LogP contribution in [0.15, 0.2) is 4.79 Å². The van der Waals surface area contributed by atoms with E-state index in [1.807, 2.05) is 0 Å². The van der Waals surface area contributed by atoms with Crippen molar-refractivity contribution in [1.82, 2.24) is 19.8 Å². The van der Waals surface area contributed by atoms with Crippen LogP contribution < -0.4 is 10.5 Å².